The van der Waals surface area contributed by atoms with E-state index < -0.39 is 6.04 Å². The molecule has 0 aromatic heterocycles. The maximum absolute atomic E-state index is 12.3. The average molecular weight is 335 g/mol. The molecule has 132 valence electrons. The van der Waals surface area contributed by atoms with E-state index >= 15 is 0 Å². The van der Waals surface area contributed by atoms with Gasteiger partial charge in [0.1, 0.15) is 11.8 Å². The summed E-state index contributed by atoms with van der Waals surface area (Å²) in [6, 6.07) is 6.00. The third-order valence-electron chi connectivity index (χ3n) is 3.39. The van der Waals surface area contributed by atoms with Crippen molar-refractivity contribution in [3.8, 4) is 5.75 Å². The van der Waals surface area contributed by atoms with E-state index in [9.17, 15) is 14.4 Å². The van der Waals surface area contributed by atoms with E-state index in [0.29, 0.717) is 24.4 Å². The quantitative estimate of drug-likeness (QED) is 0.609. The third kappa shape index (κ3) is 6.28. The number of rotatable bonds is 8. The van der Waals surface area contributed by atoms with Crippen LogP contribution in [0.5, 0.6) is 5.75 Å². The Kier molecular flexibility index (Phi) is 7.74. The predicted molar refractivity (Wildman–Crippen MR) is 90.8 cm³/mol. The van der Waals surface area contributed by atoms with Gasteiger partial charge in [0.15, 0.2) is 0 Å². The lowest BCUT2D eigenvalue weighted by molar-refractivity contribution is -0.124. The van der Waals surface area contributed by atoms with E-state index in [4.69, 9.17) is 4.74 Å². The van der Waals surface area contributed by atoms with Crippen molar-refractivity contribution in [2.75, 3.05) is 20.2 Å². The molecule has 1 aromatic carbocycles. The van der Waals surface area contributed by atoms with E-state index in [-0.39, 0.29) is 23.6 Å². The third-order valence-corrected chi connectivity index (χ3v) is 3.39. The second kappa shape index (κ2) is 9.54. The first-order valence-corrected chi connectivity index (χ1v) is 7.82. The summed E-state index contributed by atoms with van der Waals surface area (Å²) in [5.74, 6) is -0.182. The van der Waals surface area contributed by atoms with Crippen molar-refractivity contribution in [1.29, 1.82) is 0 Å². The van der Waals surface area contributed by atoms with Gasteiger partial charge in [-0.2, -0.15) is 0 Å². The maximum Gasteiger partial charge on any atom is 0.251 e. The Hall–Kier alpha value is -2.57. The number of amides is 3. The highest BCUT2D eigenvalue weighted by Crippen LogP contribution is 2.12. The van der Waals surface area contributed by atoms with E-state index in [1.165, 1.54) is 6.92 Å². The molecule has 3 amide bonds. The summed E-state index contributed by atoms with van der Waals surface area (Å²) in [6.07, 6.45) is 0. The lowest BCUT2D eigenvalue weighted by Gasteiger charge is -2.22. The SMILES string of the molecule is COc1ccc(C(=O)N[C@H](C(=O)NCCNC(C)=O)C(C)C)cc1. The highest BCUT2D eigenvalue weighted by atomic mass is 16.5. The summed E-state index contributed by atoms with van der Waals surface area (Å²) in [5.41, 5.74) is 0.451. The van der Waals surface area contributed by atoms with Crippen LogP contribution in [-0.2, 0) is 9.59 Å². The Morgan fingerprint density at radius 1 is 1.04 bits per heavy atom. The van der Waals surface area contributed by atoms with Crippen LogP contribution in [0.4, 0.5) is 0 Å². The first-order chi connectivity index (χ1) is 11.3. The van der Waals surface area contributed by atoms with E-state index in [2.05, 4.69) is 16.0 Å². The van der Waals surface area contributed by atoms with Crippen molar-refractivity contribution in [2.24, 2.45) is 5.92 Å². The minimum absolute atomic E-state index is 0.0760. The number of hydrogen-bond donors (Lipinski definition) is 3. The average Bonchev–Trinajstić information content (AvgIpc) is 2.55. The number of benzene rings is 1. The van der Waals surface area contributed by atoms with Gasteiger partial charge in [0.2, 0.25) is 11.8 Å². The van der Waals surface area contributed by atoms with Crippen molar-refractivity contribution < 1.29 is 19.1 Å². The zero-order valence-electron chi connectivity index (χ0n) is 14.5. The van der Waals surface area contributed by atoms with Crippen molar-refractivity contribution in [3.63, 3.8) is 0 Å². The van der Waals surface area contributed by atoms with Gasteiger partial charge in [-0.15, -0.1) is 0 Å². The Labute approximate surface area is 142 Å². The van der Waals surface area contributed by atoms with Gasteiger partial charge < -0.3 is 20.7 Å². The Bertz CT molecular complexity index is 570. The molecule has 0 spiro atoms. The fraction of sp³-hybridized carbons (Fsp3) is 0.471. The molecule has 0 unspecified atom stereocenters. The van der Waals surface area contributed by atoms with Crippen LogP contribution in [0.25, 0.3) is 0 Å². The summed E-state index contributed by atoms with van der Waals surface area (Å²) in [7, 11) is 1.55. The minimum atomic E-state index is -0.656. The molecule has 0 heterocycles. The van der Waals surface area contributed by atoms with Crippen LogP contribution in [-0.4, -0.2) is 44.0 Å². The first-order valence-electron chi connectivity index (χ1n) is 7.82. The number of ether oxygens (including phenoxy) is 1. The molecule has 0 aliphatic rings. The Morgan fingerprint density at radius 3 is 2.12 bits per heavy atom. The summed E-state index contributed by atoms with van der Waals surface area (Å²) in [6.45, 7) is 5.77. The number of hydrogen-bond acceptors (Lipinski definition) is 4. The topological polar surface area (TPSA) is 96.5 Å². The highest BCUT2D eigenvalue weighted by Gasteiger charge is 2.24. The molecule has 1 atom stereocenters. The van der Waals surface area contributed by atoms with Crippen LogP contribution in [0.15, 0.2) is 24.3 Å². The maximum atomic E-state index is 12.3. The van der Waals surface area contributed by atoms with Crippen molar-refractivity contribution in [2.45, 2.75) is 26.8 Å². The van der Waals surface area contributed by atoms with Crippen molar-refractivity contribution >= 4 is 17.7 Å². The molecule has 1 aromatic rings. The van der Waals surface area contributed by atoms with E-state index in [1.807, 2.05) is 13.8 Å². The fourth-order valence-corrected chi connectivity index (χ4v) is 2.04. The molecule has 7 nitrogen and oxygen atoms in total. The Morgan fingerprint density at radius 2 is 1.62 bits per heavy atom. The molecule has 0 aliphatic carbocycles. The van der Waals surface area contributed by atoms with Gasteiger partial charge >= 0.3 is 0 Å². The molecule has 1 rings (SSSR count). The summed E-state index contributed by atoms with van der Waals surface area (Å²) < 4.78 is 5.05. The lowest BCUT2D eigenvalue weighted by Crippen LogP contribution is -2.50. The normalized spacial score (nSPS) is 11.5. The molecule has 0 bridgehead atoms. The predicted octanol–water partition coefficient (Wildman–Crippen LogP) is 0.702. The zero-order chi connectivity index (χ0) is 18.1. The van der Waals surface area contributed by atoms with E-state index in [0.717, 1.165) is 0 Å². The van der Waals surface area contributed by atoms with Crippen LogP contribution in [0.2, 0.25) is 0 Å². The van der Waals surface area contributed by atoms with Gasteiger partial charge in [0.25, 0.3) is 5.91 Å². The molecule has 0 radical (unpaired) electrons. The second-order valence-electron chi connectivity index (χ2n) is 5.70. The second-order valence-corrected chi connectivity index (χ2v) is 5.70. The van der Waals surface area contributed by atoms with Crippen LogP contribution < -0.4 is 20.7 Å². The van der Waals surface area contributed by atoms with Crippen LogP contribution in [0.3, 0.4) is 0 Å². The standard InChI is InChI=1S/C17H25N3O4/c1-11(2)15(17(23)19-10-9-18-12(3)21)20-16(22)13-5-7-14(24-4)8-6-13/h5-8,11,15H,9-10H2,1-4H3,(H,18,21)(H,19,23)(H,20,22)/t15-/m0/s1. The molecular weight excluding hydrogens is 310 g/mol. The minimum Gasteiger partial charge on any atom is -0.497 e. The molecule has 0 aliphatic heterocycles. The zero-order valence-corrected chi connectivity index (χ0v) is 14.5. The summed E-state index contributed by atoms with van der Waals surface area (Å²) in [5, 5.41) is 8.04. The Balaban J connectivity index is 2.62. The summed E-state index contributed by atoms with van der Waals surface area (Å²) in [4.78, 5) is 35.3. The molecule has 0 saturated carbocycles. The molecule has 7 heteroatoms. The molecule has 0 saturated heterocycles. The molecule has 24 heavy (non-hydrogen) atoms. The molecule has 3 N–H and O–H groups in total. The van der Waals surface area contributed by atoms with E-state index in [1.54, 1.807) is 31.4 Å². The van der Waals surface area contributed by atoms with Gasteiger partial charge in [0, 0.05) is 25.6 Å². The smallest absolute Gasteiger partial charge is 0.251 e. The van der Waals surface area contributed by atoms with Gasteiger partial charge in [-0.05, 0) is 30.2 Å². The van der Waals surface area contributed by atoms with Crippen LogP contribution in [0.1, 0.15) is 31.1 Å². The van der Waals surface area contributed by atoms with Crippen molar-refractivity contribution in [1.82, 2.24) is 16.0 Å². The van der Waals surface area contributed by atoms with Crippen LogP contribution in [0, 0.1) is 5.92 Å². The van der Waals surface area contributed by atoms with Gasteiger partial charge in [0.05, 0.1) is 7.11 Å². The van der Waals surface area contributed by atoms with Crippen molar-refractivity contribution in [3.05, 3.63) is 29.8 Å². The monoisotopic (exact) mass is 335 g/mol. The first kappa shape index (κ1) is 19.5. The number of carbonyl (C=O) groups is 3. The molecular formula is C17H25N3O4. The van der Waals surface area contributed by atoms with Crippen LogP contribution >= 0.6 is 0 Å². The van der Waals surface area contributed by atoms with Gasteiger partial charge in [-0.1, -0.05) is 13.8 Å². The number of carbonyl (C=O) groups excluding carboxylic acids is 3. The number of nitrogens with one attached hydrogen (secondary N) is 3. The largest absolute Gasteiger partial charge is 0.497 e. The highest BCUT2D eigenvalue weighted by molar-refractivity contribution is 5.97. The summed E-state index contributed by atoms with van der Waals surface area (Å²) >= 11 is 0. The number of methoxy groups -OCH3 is 1. The molecule has 0 fully saturated rings. The fourth-order valence-electron chi connectivity index (χ4n) is 2.04. The van der Waals surface area contributed by atoms with Gasteiger partial charge in [-0.25, -0.2) is 0 Å². The lowest BCUT2D eigenvalue weighted by atomic mass is 10.0. The van der Waals surface area contributed by atoms with Gasteiger partial charge in [-0.3, -0.25) is 14.4 Å².